The zero-order valence-electron chi connectivity index (χ0n) is 20.2. The second kappa shape index (κ2) is 12.6. The van der Waals surface area contributed by atoms with Crippen LogP contribution in [0.5, 0.6) is 0 Å². The van der Waals surface area contributed by atoms with Crippen LogP contribution in [0.25, 0.3) is 0 Å². The predicted molar refractivity (Wildman–Crippen MR) is 136 cm³/mol. The predicted octanol–water partition coefficient (Wildman–Crippen LogP) is 3.47. The summed E-state index contributed by atoms with van der Waals surface area (Å²) >= 11 is 0. The first kappa shape index (κ1) is 25.8. The molecule has 2 aromatic carbocycles. The number of piperazine rings is 1. The zero-order chi connectivity index (χ0) is 25.2. The van der Waals surface area contributed by atoms with E-state index in [0.29, 0.717) is 31.6 Å². The minimum Gasteiger partial charge on any atom is -0.370 e. The number of pyridine rings is 1. The molecule has 2 N–H and O–H groups in total. The molecule has 2 heterocycles. The number of hydrogen-bond acceptors (Lipinski definition) is 5. The van der Waals surface area contributed by atoms with Crippen LogP contribution in [0.15, 0.2) is 85.2 Å². The Hall–Kier alpha value is -3.84. The summed E-state index contributed by atoms with van der Waals surface area (Å²) in [7, 11) is 0. The molecule has 1 unspecified atom stereocenters. The molecule has 1 fully saturated rings. The lowest BCUT2D eigenvalue weighted by molar-refractivity contribution is -0.125. The van der Waals surface area contributed by atoms with E-state index in [2.05, 4.69) is 39.9 Å². The number of Topliss-reactive ketones (excluding diaryl/α,β-unsaturated/α-hetero) is 1. The van der Waals surface area contributed by atoms with Crippen LogP contribution in [-0.4, -0.2) is 58.1 Å². The molecule has 0 bridgehead atoms. The second-order valence-electron chi connectivity index (χ2n) is 8.40. The average Bonchev–Trinajstić information content (AvgIpc) is 2.90. The summed E-state index contributed by atoms with van der Waals surface area (Å²) < 4.78 is 0. The van der Waals surface area contributed by atoms with Gasteiger partial charge in [-0.3, -0.25) is 24.3 Å². The van der Waals surface area contributed by atoms with Crippen molar-refractivity contribution in [1.29, 1.82) is 0 Å². The van der Waals surface area contributed by atoms with Crippen LogP contribution in [0, 0.1) is 0 Å². The number of primary amides is 1. The van der Waals surface area contributed by atoms with E-state index in [4.69, 9.17) is 0 Å². The van der Waals surface area contributed by atoms with Gasteiger partial charge in [0.1, 0.15) is 5.78 Å². The number of nitrogens with zero attached hydrogens (tertiary/aromatic N) is 3. The van der Waals surface area contributed by atoms with Crippen LogP contribution in [0.3, 0.4) is 0 Å². The van der Waals surface area contributed by atoms with Crippen LogP contribution in [0.4, 0.5) is 0 Å². The molecule has 1 aliphatic heterocycles. The van der Waals surface area contributed by atoms with Crippen molar-refractivity contribution in [3.05, 3.63) is 102 Å². The highest BCUT2D eigenvalue weighted by atomic mass is 16.2. The first-order chi connectivity index (χ1) is 16.9. The third-order valence-electron chi connectivity index (χ3n) is 6.00. The van der Waals surface area contributed by atoms with Gasteiger partial charge in [-0.2, -0.15) is 0 Å². The summed E-state index contributed by atoms with van der Waals surface area (Å²) in [4.78, 5) is 43.3. The molecule has 4 rings (SSSR count). The van der Waals surface area contributed by atoms with Crippen LogP contribution < -0.4 is 5.73 Å². The number of hydrogen-bond donors (Lipinski definition) is 1. The average molecular weight is 473 g/mol. The van der Waals surface area contributed by atoms with Crippen LogP contribution in [-0.2, 0) is 9.59 Å². The molecule has 0 aliphatic carbocycles. The van der Waals surface area contributed by atoms with E-state index in [9.17, 15) is 14.4 Å². The number of carbonyl (C=O) groups is 3. The van der Waals surface area contributed by atoms with Crippen molar-refractivity contribution < 1.29 is 14.4 Å². The van der Waals surface area contributed by atoms with Crippen LogP contribution >= 0.6 is 0 Å². The van der Waals surface area contributed by atoms with Gasteiger partial charge in [0.15, 0.2) is 0 Å². The molecule has 1 aromatic heterocycles. The number of nitrogens with two attached hydrogens (primary N) is 1. The number of benzene rings is 2. The maximum absolute atomic E-state index is 12.9. The van der Waals surface area contributed by atoms with Crippen LogP contribution in [0.2, 0.25) is 0 Å². The summed E-state index contributed by atoms with van der Waals surface area (Å²) in [6.07, 6.45) is 3.67. The molecule has 0 radical (unpaired) electrons. The lowest BCUT2D eigenvalue weighted by Crippen LogP contribution is -2.58. The highest BCUT2D eigenvalue weighted by Gasteiger charge is 2.37. The molecular formula is C28H32N4O3. The van der Waals surface area contributed by atoms with E-state index in [1.165, 1.54) is 0 Å². The highest BCUT2D eigenvalue weighted by Crippen LogP contribution is 2.32. The van der Waals surface area contributed by atoms with Gasteiger partial charge < -0.3 is 10.6 Å². The van der Waals surface area contributed by atoms with Crippen molar-refractivity contribution in [3.8, 4) is 0 Å². The molecule has 0 spiro atoms. The topological polar surface area (TPSA) is 96.6 Å². The molecule has 35 heavy (non-hydrogen) atoms. The monoisotopic (exact) mass is 472 g/mol. The maximum atomic E-state index is 12.9. The Balaban J connectivity index is 0.000000623. The Labute approximate surface area is 206 Å². The normalized spacial score (nSPS) is 15.7. The van der Waals surface area contributed by atoms with Crippen molar-refractivity contribution in [2.24, 2.45) is 5.73 Å². The van der Waals surface area contributed by atoms with Crippen molar-refractivity contribution in [2.45, 2.75) is 32.4 Å². The van der Waals surface area contributed by atoms with Gasteiger partial charge in [-0.1, -0.05) is 67.6 Å². The molecule has 1 aliphatic rings. The minimum absolute atomic E-state index is 0.0445. The van der Waals surface area contributed by atoms with Gasteiger partial charge >= 0.3 is 0 Å². The van der Waals surface area contributed by atoms with Gasteiger partial charge in [-0.05, 0) is 30.2 Å². The molecule has 182 valence electrons. The number of rotatable bonds is 6. The fourth-order valence-corrected chi connectivity index (χ4v) is 4.17. The molecule has 7 heteroatoms. The second-order valence-corrected chi connectivity index (χ2v) is 8.40. The van der Waals surface area contributed by atoms with E-state index in [-0.39, 0.29) is 29.7 Å². The van der Waals surface area contributed by atoms with E-state index in [1.54, 1.807) is 43.3 Å². The minimum atomic E-state index is -0.371. The first-order valence-corrected chi connectivity index (χ1v) is 11.8. The van der Waals surface area contributed by atoms with Gasteiger partial charge in [0.2, 0.25) is 5.91 Å². The molecule has 1 saturated heterocycles. The van der Waals surface area contributed by atoms with E-state index in [0.717, 1.165) is 11.1 Å². The lowest BCUT2D eigenvalue weighted by atomic mass is 9.93. The number of carbonyl (C=O) groups excluding carboxylic acids is 3. The standard InChI is InChI=1S/C25H25N3O2.C3H7NO/c1-19(29)23-18-27(25(30)22-13-8-14-26-17-22)15-16-28(23)24(20-9-4-2-5-10-20)21-11-6-3-7-12-21;1-2-3(4)5/h2-14,17,23-24H,15-16,18H2,1H3;2H2,1H3,(H2,4,5). The Morgan fingerprint density at radius 2 is 1.51 bits per heavy atom. The largest absolute Gasteiger partial charge is 0.370 e. The summed E-state index contributed by atoms with van der Waals surface area (Å²) in [6, 6.07) is 23.6. The fraction of sp³-hybridized carbons (Fsp3) is 0.286. The molecule has 1 atom stereocenters. The molecule has 7 nitrogen and oxygen atoms in total. The van der Waals surface area contributed by atoms with Crippen molar-refractivity contribution >= 4 is 17.6 Å². The summed E-state index contributed by atoms with van der Waals surface area (Å²) in [5.74, 6) is -0.259. The van der Waals surface area contributed by atoms with Gasteiger partial charge in [0.05, 0.1) is 17.6 Å². The Morgan fingerprint density at radius 3 is 1.97 bits per heavy atom. The SMILES string of the molecule is CC(=O)C1CN(C(=O)c2cccnc2)CCN1C(c1ccccc1)c1ccccc1.CCC(N)=O. The summed E-state index contributed by atoms with van der Waals surface area (Å²) in [5, 5.41) is 0. The summed E-state index contributed by atoms with van der Waals surface area (Å²) in [6.45, 7) is 4.89. The highest BCUT2D eigenvalue weighted by molar-refractivity contribution is 5.94. The lowest BCUT2D eigenvalue weighted by Gasteiger charge is -2.44. The third kappa shape index (κ3) is 6.83. The van der Waals surface area contributed by atoms with E-state index < -0.39 is 0 Å². The van der Waals surface area contributed by atoms with Gasteiger partial charge in [0.25, 0.3) is 5.91 Å². The smallest absolute Gasteiger partial charge is 0.255 e. The molecular weight excluding hydrogens is 440 g/mol. The Bertz CT molecular complexity index is 1070. The third-order valence-corrected chi connectivity index (χ3v) is 6.00. The number of ketones is 1. The van der Waals surface area contributed by atoms with Gasteiger partial charge in [0, 0.05) is 38.4 Å². The zero-order valence-corrected chi connectivity index (χ0v) is 20.2. The molecule has 2 amide bonds. The maximum Gasteiger partial charge on any atom is 0.255 e. The number of amides is 2. The van der Waals surface area contributed by atoms with Gasteiger partial charge in [-0.15, -0.1) is 0 Å². The number of aromatic nitrogens is 1. The van der Waals surface area contributed by atoms with Gasteiger partial charge in [-0.25, -0.2) is 0 Å². The summed E-state index contributed by atoms with van der Waals surface area (Å²) in [5.41, 5.74) is 7.49. The Morgan fingerprint density at radius 1 is 0.943 bits per heavy atom. The molecule has 3 aromatic rings. The van der Waals surface area contributed by atoms with E-state index in [1.807, 2.05) is 36.4 Å². The van der Waals surface area contributed by atoms with E-state index >= 15 is 0 Å². The van der Waals surface area contributed by atoms with Crippen molar-refractivity contribution in [3.63, 3.8) is 0 Å². The molecule has 0 saturated carbocycles. The quantitative estimate of drug-likeness (QED) is 0.593. The van der Waals surface area contributed by atoms with Crippen molar-refractivity contribution in [1.82, 2.24) is 14.8 Å². The van der Waals surface area contributed by atoms with Crippen LogP contribution in [0.1, 0.15) is 47.8 Å². The fourth-order valence-electron chi connectivity index (χ4n) is 4.17. The first-order valence-electron chi connectivity index (χ1n) is 11.8. The van der Waals surface area contributed by atoms with Crippen molar-refractivity contribution in [2.75, 3.05) is 19.6 Å². The Kier molecular flexibility index (Phi) is 9.26.